The van der Waals surface area contributed by atoms with E-state index in [1.54, 1.807) is 6.92 Å². The van der Waals surface area contributed by atoms with Gasteiger partial charge in [-0.3, -0.25) is 0 Å². The molecule has 1 atom stereocenters. The molecule has 0 bridgehead atoms. The van der Waals surface area contributed by atoms with Crippen LogP contribution in [0, 0.1) is 0 Å². The number of aliphatic hydroxyl groups is 1. The van der Waals surface area contributed by atoms with Crippen molar-refractivity contribution in [1.82, 2.24) is 0 Å². The lowest BCUT2D eigenvalue weighted by molar-refractivity contribution is 0.0745. The van der Waals surface area contributed by atoms with E-state index in [-0.39, 0.29) is 6.61 Å². The Hall–Kier alpha value is -0.770. The molecule has 8 heavy (non-hydrogen) atoms. The van der Waals surface area contributed by atoms with Gasteiger partial charge in [-0.1, -0.05) is 0 Å². The van der Waals surface area contributed by atoms with E-state index in [4.69, 9.17) is 5.11 Å². The number of nitrogens with two attached hydrogens (primary N) is 1. The van der Waals surface area contributed by atoms with Gasteiger partial charge in [-0.15, -0.1) is 0 Å². The Balaban J connectivity index is 3.24. The van der Waals surface area contributed by atoms with Crippen molar-refractivity contribution >= 4 is 6.09 Å². The van der Waals surface area contributed by atoms with Crippen molar-refractivity contribution < 1.29 is 14.6 Å². The number of hydrogen-bond donors (Lipinski definition) is 2. The Morgan fingerprint density at radius 1 is 2.00 bits per heavy atom. The van der Waals surface area contributed by atoms with Crippen molar-refractivity contribution in [2.24, 2.45) is 5.73 Å². The standard InChI is InChI=1S/C4H9NO3/c1-3(2-6)8-4(5)7/h3,6H,2H2,1H3,(H2,5,7)/t3-/m1/s1. The largest absolute Gasteiger partial charge is 0.444 e. The Kier molecular flexibility index (Phi) is 2.95. The van der Waals surface area contributed by atoms with Gasteiger partial charge >= 0.3 is 6.09 Å². The first-order valence-corrected chi connectivity index (χ1v) is 2.23. The van der Waals surface area contributed by atoms with Gasteiger partial charge in [0.05, 0.1) is 6.61 Å². The van der Waals surface area contributed by atoms with Crippen LogP contribution in [0.2, 0.25) is 0 Å². The van der Waals surface area contributed by atoms with Crippen LogP contribution in [0.3, 0.4) is 0 Å². The fourth-order valence-electron chi connectivity index (χ4n) is 0.236. The SMILES string of the molecule is C[C@H](CO)OC(N)=O. The van der Waals surface area contributed by atoms with Crippen molar-refractivity contribution in [3.05, 3.63) is 0 Å². The third kappa shape index (κ3) is 3.42. The molecule has 0 aliphatic rings. The normalized spacial score (nSPS) is 12.8. The second-order valence-electron chi connectivity index (χ2n) is 1.43. The molecule has 0 spiro atoms. The number of amides is 1. The van der Waals surface area contributed by atoms with Gasteiger partial charge in [-0.05, 0) is 6.92 Å². The van der Waals surface area contributed by atoms with Crippen LogP contribution < -0.4 is 5.73 Å². The van der Waals surface area contributed by atoms with Crippen LogP contribution >= 0.6 is 0 Å². The lowest BCUT2D eigenvalue weighted by atomic mass is 10.4. The molecule has 4 heteroatoms. The number of aliphatic hydroxyl groups excluding tert-OH is 1. The maximum absolute atomic E-state index is 9.86. The number of carbonyl (C=O) groups is 1. The zero-order chi connectivity index (χ0) is 6.57. The summed E-state index contributed by atoms with van der Waals surface area (Å²) in [5.41, 5.74) is 4.60. The van der Waals surface area contributed by atoms with Gasteiger partial charge in [-0.2, -0.15) is 0 Å². The summed E-state index contributed by atoms with van der Waals surface area (Å²) in [4.78, 5) is 9.86. The third-order valence-corrected chi connectivity index (χ3v) is 0.574. The highest BCUT2D eigenvalue weighted by Gasteiger charge is 2.01. The number of hydrogen-bond acceptors (Lipinski definition) is 3. The van der Waals surface area contributed by atoms with Gasteiger partial charge in [0, 0.05) is 0 Å². The molecular weight excluding hydrogens is 110 g/mol. The number of ether oxygens (including phenoxy) is 1. The molecule has 1 amide bonds. The van der Waals surface area contributed by atoms with Gasteiger partial charge in [0.25, 0.3) is 0 Å². The van der Waals surface area contributed by atoms with Crippen LogP contribution in [0.15, 0.2) is 0 Å². The monoisotopic (exact) mass is 119 g/mol. The number of primary amides is 1. The second kappa shape index (κ2) is 3.26. The number of carbonyl (C=O) groups excluding carboxylic acids is 1. The maximum Gasteiger partial charge on any atom is 0.404 e. The lowest BCUT2D eigenvalue weighted by Crippen LogP contribution is -2.22. The zero-order valence-electron chi connectivity index (χ0n) is 4.63. The van der Waals surface area contributed by atoms with Gasteiger partial charge < -0.3 is 15.6 Å². The highest BCUT2D eigenvalue weighted by molar-refractivity contribution is 5.64. The summed E-state index contributed by atoms with van der Waals surface area (Å²) in [7, 11) is 0. The van der Waals surface area contributed by atoms with Crippen molar-refractivity contribution in [2.45, 2.75) is 13.0 Å². The Bertz CT molecular complexity index is 83.4. The molecule has 0 saturated carbocycles. The zero-order valence-corrected chi connectivity index (χ0v) is 4.63. The predicted octanol–water partition coefficient (Wildman–Crippen LogP) is -0.537. The summed E-state index contributed by atoms with van der Waals surface area (Å²) in [5.74, 6) is 0. The molecule has 48 valence electrons. The van der Waals surface area contributed by atoms with E-state index in [1.165, 1.54) is 0 Å². The fourth-order valence-corrected chi connectivity index (χ4v) is 0.236. The molecule has 0 aromatic rings. The quantitative estimate of drug-likeness (QED) is 0.512. The molecule has 0 heterocycles. The van der Waals surface area contributed by atoms with Crippen LogP contribution in [0.1, 0.15) is 6.92 Å². The molecule has 0 unspecified atom stereocenters. The summed E-state index contributed by atoms with van der Waals surface area (Å²) in [6.45, 7) is 1.35. The van der Waals surface area contributed by atoms with Gasteiger partial charge in [0.2, 0.25) is 0 Å². The minimum absolute atomic E-state index is 0.192. The summed E-state index contributed by atoms with van der Waals surface area (Å²) in [6.07, 6.45) is -1.35. The first kappa shape index (κ1) is 7.23. The Labute approximate surface area is 47.2 Å². The average Bonchev–Trinajstić information content (AvgIpc) is 1.65. The first-order chi connectivity index (χ1) is 3.66. The van der Waals surface area contributed by atoms with E-state index in [0.717, 1.165) is 0 Å². The molecule has 3 N–H and O–H groups in total. The minimum atomic E-state index is -0.855. The topological polar surface area (TPSA) is 72.6 Å². The minimum Gasteiger partial charge on any atom is -0.444 e. The van der Waals surface area contributed by atoms with Crippen molar-refractivity contribution in [3.8, 4) is 0 Å². The molecular formula is C4H9NO3. The first-order valence-electron chi connectivity index (χ1n) is 2.23. The Morgan fingerprint density at radius 2 is 2.50 bits per heavy atom. The molecule has 0 rings (SSSR count). The molecule has 0 radical (unpaired) electrons. The van der Waals surface area contributed by atoms with Crippen molar-refractivity contribution in [1.29, 1.82) is 0 Å². The predicted molar refractivity (Wildman–Crippen MR) is 27.2 cm³/mol. The van der Waals surface area contributed by atoms with Crippen molar-refractivity contribution in [2.75, 3.05) is 6.61 Å². The highest BCUT2D eigenvalue weighted by atomic mass is 16.6. The van der Waals surface area contributed by atoms with E-state index in [2.05, 4.69) is 10.5 Å². The van der Waals surface area contributed by atoms with E-state index in [0.29, 0.717) is 0 Å². The number of rotatable bonds is 2. The molecule has 0 fully saturated rings. The maximum atomic E-state index is 9.86. The van der Waals surface area contributed by atoms with Crippen molar-refractivity contribution in [3.63, 3.8) is 0 Å². The molecule has 4 nitrogen and oxygen atoms in total. The second-order valence-corrected chi connectivity index (χ2v) is 1.43. The highest BCUT2D eigenvalue weighted by Crippen LogP contribution is 1.85. The third-order valence-electron chi connectivity index (χ3n) is 0.574. The van der Waals surface area contributed by atoms with Gasteiger partial charge in [0.15, 0.2) is 0 Å². The van der Waals surface area contributed by atoms with E-state index < -0.39 is 12.2 Å². The molecule has 0 saturated heterocycles. The van der Waals surface area contributed by atoms with Crippen LogP contribution in [0.25, 0.3) is 0 Å². The van der Waals surface area contributed by atoms with E-state index in [1.807, 2.05) is 0 Å². The molecule has 0 aliphatic carbocycles. The summed E-state index contributed by atoms with van der Waals surface area (Å²) >= 11 is 0. The molecule has 0 aromatic heterocycles. The summed E-state index contributed by atoms with van der Waals surface area (Å²) in [5, 5.41) is 8.25. The lowest BCUT2D eigenvalue weighted by Gasteiger charge is -2.05. The van der Waals surface area contributed by atoms with Crippen LogP contribution in [-0.2, 0) is 4.74 Å². The van der Waals surface area contributed by atoms with E-state index in [9.17, 15) is 4.79 Å². The Morgan fingerprint density at radius 3 is 2.62 bits per heavy atom. The summed E-state index contributed by atoms with van der Waals surface area (Å²) < 4.78 is 4.29. The van der Waals surface area contributed by atoms with Gasteiger partial charge in [-0.25, -0.2) is 4.79 Å². The average molecular weight is 119 g/mol. The summed E-state index contributed by atoms with van der Waals surface area (Å²) in [6, 6.07) is 0. The van der Waals surface area contributed by atoms with Gasteiger partial charge in [0.1, 0.15) is 6.10 Å². The molecule has 0 aromatic carbocycles. The van der Waals surface area contributed by atoms with Crippen LogP contribution in [0.5, 0.6) is 0 Å². The van der Waals surface area contributed by atoms with Crippen LogP contribution in [-0.4, -0.2) is 23.9 Å². The molecule has 0 aliphatic heterocycles. The smallest absolute Gasteiger partial charge is 0.404 e. The van der Waals surface area contributed by atoms with E-state index >= 15 is 0 Å². The van der Waals surface area contributed by atoms with Crippen LogP contribution in [0.4, 0.5) is 4.79 Å². The fraction of sp³-hybridized carbons (Fsp3) is 0.750.